The molecule has 3 rings (SSSR count). The summed E-state index contributed by atoms with van der Waals surface area (Å²) in [5, 5.41) is 16.2. The maximum Gasteiger partial charge on any atom is 0.270 e. The maximum atomic E-state index is 13.9. The van der Waals surface area contributed by atoms with Crippen molar-refractivity contribution in [2.75, 3.05) is 26.7 Å². The lowest BCUT2D eigenvalue weighted by Crippen LogP contribution is -2.47. The summed E-state index contributed by atoms with van der Waals surface area (Å²) in [5.41, 5.74) is 0.788. The van der Waals surface area contributed by atoms with Crippen molar-refractivity contribution in [3.8, 4) is 5.75 Å². The molecular formula is C22H25FN4O5. The number of carbonyl (C=O) groups excluding carboxylic acids is 2. The van der Waals surface area contributed by atoms with Crippen LogP contribution in [0.25, 0.3) is 0 Å². The lowest BCUT2D eigenvalue weighted by molar-refractivity contribution is -0.384. The van der Waals surface area contributed by atoms with Crippen LogP contribution in [0.1, 0.15) is 28.8 Å². The van der Waals surface area contributed by atoms with Crippen LogP contribution in [0.4, 0.5) is 10.1 Å². The number of methoxy groups -OCH3 is 1. The number of likely N-dealkylation sites (tertiary alicyclic amines) is 1. The number of benzene rings is 2. The van der Waals surface area contributed by atoms with Crippen LogP contribution in [0.5, 0.6) is 5.75 Å². The summed E-state index contributed by atoms with van der Waals surface area (Å²) in [7, 11) is 1.43. The molecule has 1 aliphatic heterocycles. The molecule has 0 aliphatic carbocycles. The number of ether oxygens (including phenoxy) is 1. The number of nitro benzene ring substituents is 1. The van der Waals surface area contributed by atoms with Gasteiger partial charge in [-0.15, -0.1) is 0 Å². The molecule has 0 radical (unpaired) electrons. The van der Waals surface area contributed by atoms with Gasteiger partial charge in [-0.05, 0) is 36.6 Å². The molecule has 0 atom stereocenters. The Bertz CT molecular complexity index is 992. The number of nitrogens with one attached hydrogen (secondary N) is 2. The van der Waals surface area contributed by atoms with Gasteiger partial charge in [-0.3, -0.25) is 24.6 Å². The normalized spacial score (nSPS) is 14.6. The Labute approximate surface area is 184 Å². The Morgan fingerprint density at radius 1 is 1.22 bits per heavy atom. The van der Waals surface area contributed by atoms with Crippen molar-refractivity contribution >= 4 is 17.5 Å². The van der Waals surface area contributed by atoms with E-state index in [2.05, 4.69) is 15.5 Å². The van der Waals surface area contributed by atoms with E-state index in [-0.39, 0.29) is 41.3 Å². The van der Waals surface area contributed by atoms with E-state index in [0.29, 0.717) is 6.54 Å². The molecule has 10 heteroatoms. The first-order valence-corrected chi connectivity index (χ1v) is 10.2. The molecular weight excluding hydrogens is 419 g/mol. The second-order valence-electron chi connectivity index (χ2n) is 7.58. The zero-order valence-corrected chi connectivity index (χ0v) is 17.7. The highest BCUT2D eigenvalue weighted by Gasteiger charge is 2.21. The Kier molecular flexibility index (Phi) is 7.72. The topological polar surface area (TPSA) is 114 Å². The number of carbonyl (C=O) groups is 2. The minimum absolute atomic E-state index is 0.0129. The van der Waals surface area contributed by atoms with Crippen molar-refractivity contribution in [3.63, 3.8) is 0 Å². The van der Waals surface area contributed by atoms with Gasteiger partial charge in [0.2, 0.25) is 5.91 Å². The summed E-state index contributed by atoms with van der Waals surface area (Å²) in [4.78, 5) is 36.8. The first-order chi connectivity index (χ1) is 15.4. The minimum Gasteiger partial charge on any atom is -0.494 e. The largest absolute Gasteiger partial charge is 0.494 e. The average molecular weight is 444 g/mol. The number of piperidine rings is 1. The second kappa shape index (κ2) is 10.7. The molecule has 0 unspecified atom stereocenters. The van der Waals surface area contributed by atoms with Crippen molar-refractivity contribution in [2.45, 2.75) is 25.4 Å². The molecule has 1 heterocycles. The van der Waals surface area contributed by atoms with E-state index >= 15 is 0 Å². The monoisotopic (exact) mass is 444 g/mol. The van der Waals surface area contributed by atoms with Gasteiger partial charge in [0.15, 0.2) is 11.6 Å². The van der Waals surface area contributed by atoms with E-state index in [1.54, 1.807) is 6.07 Å². The Balaban J connectivity index is 1.40. The highest BCUT2D eigenvalue weighted by molar-refractivity contribution is 5.96. The number of halogens is 1. The molecule has 1 saturated heterocycles. The number of nitrogens with zero attached hydrogens (tertiary/aromatic N) is 2. The van der Waals surface area contributed by atoms with Crippen LogP contribution < -0.4 is 15.4 Å². The molecule has 9 nitrogen and oxygen atoms in total. The molecule has 1 fully saturated rings. The quantitative estimate of drug-likeness (QED) is 0.477. The summed E-state index contributed by atoms with van der Waals surface area (Å²) >= 11 is 0. The number of amides is 2. The molecule has 0 bridgehead atoms. The van der Waals surface area contributed by atoms with Gasteiger partial charge in [0.1, 0.15) is 0 Å². The van der Waals surface area contributed by atoms with Crippen LogP contribution in [0, 0.1) is 15.9 Å². The fourth-order valence-electron chi connectivity index (χ4n) is 3.60. The first-order valence-electron chi connectivity index (χ1n) is 10.2. The van der Waals surface area contributed by atoms with Gasteiger partial charge < -0.3 is 15.4 Å². The van der Waals surface area contributed by atoms with Gasteiger partial charge in [-0.25, -0.2) is 4.39 Å². The summed E-state index contributed by atoms with van der Waals surface area (Å²) in [5.74, 6) is -1.04. The number of hydrogen-bond donors (Lipinski definition) is 2. The third-order valence-electron chi connectivity index (χ3n) is 5.30. The average Bonchev–Trinajstić information content (AvgIpc) is 2.79. The molecule has 0 aromatic heterocycles. The molecule has 32 heavy (non-hydrogen) atoms. The maximum absolute atomic E-state index is 13.9. The Morgan fingerprint density at radius 2 is 1.97 bits per heavy atom. The third-order valence-corrected chi connectivity index (χ3v) is 5.30. The number of rotatable bonds is 8. The van der Waals surface area contributed by atoms with E-state index < -0.39 is 10.8 Å². The van der Waals surface area contributed by atoms with Gasteiger partial charge in [0.25, 0.3) is 11.6 Å². The van der Waals surface area contributed by atoms with Crippen molar-refractivity contribution in [1.29, 1.82) is 0 Å². The summed E-state index contributed by atoms with van der Waals surface area (Å²) in [6.07, 6.45) is 1.48. The van der Waals surface area contributed by atoms with Gasteiger partial charge in [0, 0.05) is 43.4 Å². The summed E-state index contributed by atoms with van der Waals surface area (Å²) < 4.78 is 18.8. The molecule has 1 aliphatic rings. The summed E-state index contributed by atoms with van der Waals surface area (Å²) in [6.45, 7) is 1.89. The highest BCUT2D eigenvalue weighted by atomic mass is 19.1. The molecule has 2 amide bonds. The van der Waals surface area contributed by atoms with Crippen LogP contribution in [0.15, 0.2) is 42.5 Å². The molecule has 2 N–H and O–H groups in total. The SMILES string of the molecule is COc1ccc(CN2CCC(NC(=O)CNC(=O)c3cccc([N+](=O)[O-])c3)CC2)cc1F. The van der Waals surface area contributed by atoms with Crippen molar-refractivity contribution in [2.24, 2.45) is 0 Å². The minimum atomic E-state index is -0.582. The van der Waals surface area contributed by atoms with E-state index in [1.165, 1.54) is 31.4 Å². The van der Waals surface area contributed by atoms with E-state index in [9.17, 15) is 24.1 Å². The van der Waals surface area contributed by atoms with Gasteiger partial charge >= 0.3 is 0 Å². The van der Waals surface area contributed by atoms with Crippen LogP contribution in [-0.2, 0) is 11.3 Å². The zero-order valence-electron chi connectivity index (χ0n) is 17.7. The van der Waals surface area contributed by atoms with Crippen molar-refractivity contribution in [1.82, 2.24) is 15.5 Å². The van der Waals surface area contributed by atoms with Crippen LogP contribution >= 0.6 is 0 Å². The molecule has 2 aromatic rings. The van der Waals surface area contributed by atoms with Crippen molar-refractivity contribution in [3.05, 3.63) is 69.5 Å². The Hall–Kier alpha value is -3.53. The lowest BCUT2D eigenvalue weighted by atomic mass is 10.0. The number of nitro groups is 1. The van der Waals surface area contributed by atoms with Gasteiger partial charge in [-0.1, -0.05) is 12.1 Å². The summed E-state index contributed by atoms with van der Waals surface area (Å²) in [6, 6.07) is 10.2. The molecule has 170 valence electrons. The predicted molar refractivity (Wildman–Crippen MR) is 115 cm³/mol. The fraction of sp³-hybridized carbons (Fsp3) is 0.364. The van der Waals surface area contributed by atoms with Gasteiger partial charge in [-0.2, -0.15) is 0 Å². The fourth-order valence-corrected chi connectivity index (χ4v) is 3.60. The zero-order chi connectivity index (χ0) is 23.1. The standard InChI is InChI=1S/C22H25FN4O5/c1-32-20-6-5-15(11-19(20)23)14-26-9-7-17(8-10-26)25-21(28)13-24-22(29)16-3-2-4-18(12-16)27(30)31/h2-6,11-12,17H,7-10,13-14H2,1H3,(H,24,29)(H,25,28). The van der Waals surface area contributed by atoms with Crippen LogP contribution in [0.2, 0.25) is 0 Å². The molecule has 0 spiro atoms. The third kappa shape index (κ3) is 6.24. The van der Waals surface area contributed by atoms with E-state index in [4.69, 9.17) is 4.74 Å². The lowest BCUT2D eigenvalue weighted by Gasteiger charge is -2.32. The molecule has 2 aromatic carbocycles. The van der Waals surface area contributed by atoms with E-state index in [0.717, 1.165) is 37.6 Å². The smallest absolute Gasteiger partial charge is 0.270 e. The van der Waals surface area contributed by atoms with Gasteiger partial charge in [0.05, 0.1) is 18.6 Å². The van der Waals surface area contributed by atoms with Crippen molar-refractivity contribution < 1.29 is 23.6 Å². The predicted octanol–water partition coefficient (Wildman–Crippen LogP) is 2.25. The van der Waals surface area contributed by atoms with Crippen LogP contribution in [0.3, 0.4) is 0 Å². The van der Waals surface area contributed by atoms with Crippen LogP contribution in [-0.4, -0.2) is 54.4 Å². The van der Waals surface area contributed by atoms with E-state index in [1.807, 2.05) is 6.07 Å². The number of non-ortho nitro benzene ring substituents is 1. The Morgan fingerprint density at radius 3 is 2.62 bits per heavy atom. The second-order valence-corrected chi connectivity index (χ2v) is 7.58. The highest BCUT2D eigenvalue weighted by Crippen LogP contribution is 2.20. The molecule has 0 saturated carbocycles. The first kappa shape index (κ1) is 23.1. The number of hydrogen-bond acceptors (Lipinski definition) is 6.